The van der Waals surface area contributed by atoms with Gasteiger partial charge in [0.25, 0.3) is 0 Å². The van der Waals surface area contributed by atoms with E-state index in [4.69, 9.17) is 0 Å². The Morgan fingerprint density at radius 1 is 1.25 bits per heavy atom. The van der Waals surface area contributed by atoms with Crippen LogP contribution >= 0.6 is 24.0 Å². The molecule has 0 saturated heterocycles. The topological polar surface area (TPSA) is 67.1 Å². The molecule has 1 heterocycles. The summed E-state index contributed by atoms with van der Waals surface area (Å²) in [7, 11) is 1.83. The number of aryl methyl sites for hydroxylation is 1. The Balaban J connectivity index is 0.00000288. The second kappa shape index (κ2) is 12.5. The molecule has 0 aliphatic heterocycles. The van der Waals surface area contributed by atoms with Gasteiger partial charge >= 0.3 is 0 Å². The Bertz CT molecular complexity index is 467. The largest absolute Gasteiger partial charge is 0.356 e. The zero-order valence-corrected chi connectivity index (χ0v) is 17.5. The van der Waals surface area contributed by atoms with Crippen LogP contribution in [0.25, 0.3) is 0 Å². The van der Waals surface area contributed by atoms with Crippen molar-refractivity contribution in [1.82, 2.24) is 25.4 Å². The molecule has 1 fully saturated rings. The zero-order chi connectivity index (χ0) is 16.3. The molecular formula is C17H33IN6. The van der Waals surface area contributed by atoms with Crippen LogP contribution in [0.5, 0.6) is 0 Å². The van der Waals surface area contributed by atoms with E-state index in [0.29, 0.717) is 0 Å². The van der Waals surface area contributed by atoms with E-state index in [9.17, 15) is 0 Å². The molecule has 2 N–H and O–H groups in total. The smallest absolute Gasteiger partial charge is 0.191 e. The van der Waals surface area contributed by atoms with Crippen molar-refractivity contribution in [1.29, 1.82) is 0 Å². The molecule has 2 rings (SSSR count). The molecule has 0 aromatic carbocycles. The Hall–Kier alpha value is -0.860. The molecule has 1 aliphatic rings. The first kappa shape index (κ1) is 21.2. The third-order valence-corrected chi connectivity index (χ3v) is 4.69. The normalized spacial score (nSPS) is 15.8. The average Bonchev–Trinajstić information content (AvgIpc) is 3.05. The maximum absolute atomic E-state index is 4.29. The number of aliphatic imine (C=N–C) groups is 1. The average molecular weight is 448 g/mol. The molecule has 1 aromatic heterocycles. The number of halogens is 1. The number of nitrogens with one attached hydrogen (secondary N) is 2. The maximum atomic E-state index is 4.29. The first-order valence-corrected chi connectivity index (χ1v) is 9.14. The SMILES string of the molecule is CCc1nncn1CCNC(=NC)NCCCC1CCCCC1.I. The van der Waals surface area contributed by atoms with Gasteiger partial charge in [-0.1, -0.05) is 39.0 Å². The predicted molar refractivity (Wildman–Crippen MR) is 110 cm³/mol. The molecule has 1 aliphatic carbocycles. The second-order valence-electron chi connectivity index (χ2n) is 6.37. The predicted octanol–water partition coefficient (Wildman–Crippen LogP) is 2.98. The molecule has 138 valence electrons. The van der Waals surface area contributed by atoms with E-state index in [2.05, 4.69) is 37.3 Å². The van der Waals surface area contributed by atoms with E-state index < -0.39 is 0 Å². The summed E-state index contributed by atoms with van der Waals surface area (Å²) in [6.07, 6.45) is 12.5. The van der Waals surface area contributed by atoms with Gasteiger partial charge in [0.2, 0.25) is 0 Å². The molecule has 0 radical (unpaired) electrons. The number of hydrogen-bond donors (Lipinski definition) is 2. The highest BCUT2D eigenvalue weighted by Gasteiger charge is 2.12. The monoisotopic (exact) mass is 448 g/mol. The molecule has 0 spiro atoms. The van der Waals surface area contributed by atoms with E-state index >= 15 is 0 Å². The number of guanidine groups is 1. The van der Waals surface area contributed by atoms with Crippen LogP contribution in [0.3, 0.4) is 0 Å². The molecule has 0 atom stereocenters. The summed E-state index contributed by atoms with van der Waals surface area (Å²) in [5.41, 5.74) is 0. The van der Waals surface area contributed by atoms with Crippen LogP contribution in [0, 0.1) is 5.92 Å². The lowest BCUT2D eigenvalue weighted by Gasteiger charge is -2.21. The number of nitrogens with zero attached hydrogens (tertiary/aromatic N) is 4. The number of hydrogen-bond acceptors (Lipinski definition) is 3. The molecule has 6 nitrogen and oxygen atoms in total. The van der Waals surface area contributed by atoms with Gasteiger partial charge < -0.3 is 15.2 Å². The summed E-state index contributed by atoms with van der Waals surface area (Å²) in [6.45, 7) is 4.79. The van der Waals surface area contributed by atoms with Crippen molar-refractivity contribution in [2.24, 2.45) is 10.9 Å². The highest BCUT2D eigenvalue weighted by molar-refractivity contribution is 14.0. The second-order valence-corrected chi connectivity index (χ2v) is 6.37. The van der Waals surface area contributed by atoms with Crippen molar-refractivity contribution in [3.63, 3.8) is 0 Å². The van der Waals surface area contributed by atoms with E-state index in [1.807, 2.05) is 7.05 Å². The highest BCUT2D eigenvalue weighted by atomic mass is 127. The first-order chi connectivity index (χ1) is 11.3. The van der Waals surface area contributed by atoms with Gasteiger partial charge in [-0.3, -0.25) is 4.99 Å². The molecule has 7 heteroatoms. The van der Waals surface area contributed by atoms with Crippen LogP contribution in [-0.4, -0.2) is 40.9 Å². The maximum Gasteiger partial charge on any atom is 0.191 e. The third kappa shape index (κ3) is 7.36. The van der Waals surface area contributed by atoms with E-state index in [-0.39, 0.29) is 24.0 Å². The van der Waals surface area contributed by atoms with Gasteiger partial charge in [0.1, 0.15) is 12.2 Å². The standard InChI is InChI=1S/C17H32N6.HI/c1-3-16-22-21-14-23(16)13-12-20-17(18-2)19-11-7-10-15-8-5-4-6-9-15;/h14-15H,3-13H2,1-2H3,(H2,18,19,20);1H. The quantitative estimate of drug-likeness (QED) is 0.278. The molecule has 1 aromatic rings. The molecule has 0 amide bonds. The zero-order valence-electron chi connectivity index (χ0n) is 15.1. The molecule has 1 saturated carbocycles. The van der Waals surface area contributed by atoms with Gasteiger partial charge in [-0.25, -0.2) is 0 Å². The van der Waals surface area contributed by atoms with Crippen LogP contribution < -0.4 is 10.6 Å². The molecular weight excluding hydrogens is 415 g/mol. The fraction of sp³-hybridized carbons (Fsp3) is 0.824. The highest BCUT2D eigenvalue weighted by Crippen LogP contribution is 2.26. The summed E-state index contributed by atoms with van der Waals surface area (Å²) in [5.74, 6) is 2.88. The molecule has 0 bridgehead atoms. The van der Waals surface area contributed by atoms with E-state index in [0.717, 1.165) is 43.8 Å². The van der Waals surface area contributed by atoms with Gasteiger partial charge in [-0.05, 0) is 18.8 Å². The van der Waals surface area contributed by atoms with Gasteiger partial charge in [-0.15, -0.1) is 34.2 Å². The Kier molecular flexibility index (Phi) is 11.0. The Labute approximate surface area is 163 Å². The van der Waals surface area contributed by atoms with Crippen LogP contribution in [0.1, 0.15) is 57.7 Å². The van der Waals surface area contributed by atoms with Crippen LogP contribution in [0.4, 0.5) is 0 Å². The Morgan fingerprint density at radius 3 is 2.71 bits per heavy atom. The van der Waals surface area contributed by atoms with E-state index in [1.165, 1.54) is 44.9 Å². The van der Waals surface area contributed by atoms with Crippen molar-refractivity contribution >= 4 is 29.9 Å². The third-order valence-electron chi connectivity index (χ3n) is 4.69. The number of aromatic nitrogens is 3. The minimum atomic E-state index is 0. The molecule has 24 heavy (non-hydrogen) atoms. The van der Waals surface area contributed by atoms with Gasteiger partial charge in [0, 0.05) is 33.1 Å². The fourth-order valence-electron chi connectivity index (χ4n) is 3.33. The lowest BCUT2D eigenvalue weighted by molar-refractivity contribution is 0.332. The van der Waals surface area contributed by atoms with Crippen LogP contribution in [-0.2, 0) is 13.0 Å². The summed E-state index contributed by atoms with van der Waals surface area (Å²) in [5, 5.41) is 14.8. The van der Waals surface area contributed by atoms with Gasteiger partial charge in [-0.2, -0.15) is 0 Å². The summed E-state index contributed by atoms with van der Waals surface area (Å²) >= 11 is 0. The van der Waals surface area contributed by atoms with Crippen molar-refractivity contribution in [2.45, 2.75) is 64.8 Å². The van der Waals surface area contributed by atoms with Crippen molar-refractivity contribution in [3.05, 3.63) is 12.2 Å². The minimum Gasteiger partial charge on any atom is -0.356 e. The summed E-state index contributed by atoms with van der Waals surface area (Å²) in [6, 6.07) is 0. The minimum absolute atomic E-state index is 0. The molecule has 0 unspecified atom stereocenters. The van der Waals surface area contributed by atoms with E-state index in [1.54, 1.807) is 6.33 Å². The Morgan fingerprint density at radius 2 is 2.00 bits per heavy atom. The first-order valence-electron chi connectivity index (χ1n) is 9.14. The van der Waals surface area contributed by atoms with Crippen LogP contribution in [0.15, 0.2) is 11.3 Å². The summed E-state index contributed by atoms with van der Waals surface area (Å²) in [4.78, 5) is 4.29. The van der Waals surface area contributed by atoms with Gasteiger partial charge in [0.05, 0.1) is 0 Å². The van der Waals surface area contributed by atoms with Crippen molar-refractivity contribution < 1.29 is 0 Å². The number of rotatable bonds is 8. The summed E-state index contributed by atoms with van der Waals surface area (Å²) < 4.78 is 2.09. The lowest BCUT2D eigenvalue weighted by atomic mass is 9.86. The van der Waals surface area contributed by atoms with Crippen molar-refractivity contribution in [3.8, 4) is 0 Å². The fourth-order valence-corrected chi connectivity index (χ4v) is 3.33. The van der Waals surface area contributed by atoms with Gasteiger partial charge in [0.15, 0.2) is 5.96 Å². The van der Waals surface area contributed by atoms with Crippen molar-refractivity contribution in [2.75, 3.05) is 20.1 Å². The lowest BCUT2D eigenvalue weighted by Crippen LogP contribution is -2.39. The van der Waals surface area contributed by atoms with Crippen LogP contribution in [0.2, 0.25) is 0 Å².